The van der Waals surface area contributed by atoms with Gasteiger partial charge in [0.2, 0.25) is 0 Å². The number of rotatable bonds is 2. The summed E-state index contributed by atoms with van der Waals surface area (Å²) in [6.45, 7) is 0. The van der Waals surface area contributed by atoms with Crippen molar-refractivity contribution >= 4 is 97.0 Å². The molecule has 0 saturated heterocycles. The molecule has 0 atom stereocenters. The van der Waals surface area contributed by atoms with Gasteiger partial charge in [0.1, 0.15) is 0 Å². The fourth-order valence-corrected chi connectivity index (χ4v) is 9.27. The maximum absolute atomic E-state index is 5.28. The van der Waals surface area contributed by atoms with Crippen LogP contribution in [0.1, 0.15) is 0 Å². The molecule has 12 rings (SSSR count). The molecule has 2 heterocycles. The quantitative estimate of drug-likeness (QED) is 0.178. The second-order valence-corrected chi connectivity index (χ2v) is 13.6. The minimum absolute atomic E-state index is 1.01. The van der Waals surface area contributed by atoms with Gasteiger partial charge in [-0.2, -0.15) is 0 Å². The average molecular weight is 631 g/mol. The Bertz CT molecular complexity index is 3360. The average Bonchev–Trinajstić information content (AvgIpc) is 3.68. The Kier molecular flexibility index (Phi) is 5.00. The first-order chi connectivity index (χ1) is 24.8. The van der Waals surface area contributed by atoms with Crippen LogP contribution in [0.5, 0.6) is 0 Å². The van der Waals surface area contributed by atoms with Crippen molar-refractivity contribution in [1.82, 2.24) is 9.97 Å². The van der Waals surface area contributed by atoms with E-state index in [1.165, 1.54) is 97.3 Å². The lowest BCUT2D eigenvalue weighted by molar-refractivity contribution is 1.37. The Labute approximate surface area is 286 Å². The Morgan fingerprint density at radius 1 is 0.260 bits per heavy atom. The van der Waals surface area contributed by atoms with Crippen molar-refractivity contribution in [3.63, 3.8) is 0 Å². The molecular weight excluding hydrogens is 605 g/mol. The number of fused-ring (bicyclic) bond motifs is 10. The van der Waals surface area contributed by atoms with Crippen LogP contribution in [0.4, 0.5) is 0 Å². The van der Waals surface area contributed by atoms with Gasteiger partial charge in [-0.05, 0) is 88.2 Å². The summed E-state index contributed by atoms with van der Waals surface area (Å²) >= 11 is 0. The third-order valence-electron chi connectivity index (χ3n) is 11.2. The van der Waals surface area contributed by atoms with Gasteiger partial charge in [-0.1, -0.05) is 127 Å². The van der Waals surface area contributed by atoms with Gasteiger partial charge >= 0.3 is 0 Å². The summed E-state index contributed by atoms with van der Waals surface area (Å²) in [5.41, 5.74) is 4.41. The van der Waals surface area contributed by atoms with Crippen LogP contribution in [-0.4, -0.2) is 9.97 Å². The fraction of sp³-hybridized carbons (Fsp3) is 0. The number of hydrogen-bond acceptors (Lipinski definition) is 2. The SMILES string of the molecule is c1ccc2c(-c3c4cc5c6ccccc6c6cccc(c4c(-c4nccc7ccccc47)c4c7cccc8cccc(c34)c87)c65)nccc2c1. The van der Waals surface area contributed by atoms with E-state index < -0.39 is 0 Å². The van der Waals surface area contributed by atoms with Gasteiger partial charge in [0.15, 0.2) is 0 Å². The molecular formula is C48H26N2. The molecule has 0 bridgehead atoms. The van der Waals surface area contributed by atoms with Crippen molar-refractivity contribution in [3.8, 4) is 22.5 Å². The molecule has 0 aliphatic carbocycles. The Hall–Kier alpha value is -6.64. The topological polar surface area (TPSA) is 25.8 Å². The standard InChI is InChI=1S/C48H26N2/c1-3-14-30-27(10-1)22-24-49-47(30)45-39-26-38-33-17-6-5-16-32(33)34-18-9-21-37(41(34)38)42(39)46(48-31-15-4-2-11-28(31)23-25-50-48)44-36-20-8-13-29-12-7-19-35(40(29)36)43(44)45/h1-26H. The predicted octanol–water partition coefficient (Wildman–Crippen LogP) is 13.1. The smallest absolute Gasteiger partial charge is 0.0793 e. The summed E-state index contributed by atoms with van der Waals surface area (Å²) in [5.74, 6) is 0. The molecule has 12 aromatic rings. The van der Waals surface area contributed by atoms with Crippen LogP contribution in [0.15, 0.2) is 158 Å². The zero-order valence-corrected chi connectivity index (χ0v) is 26.9. The monoisotopic (exact) mass is 630 g/mol. The van der Waals surface area contributed by atoms with Crippen molar-refractivity contribution in [2.45, 2.75) is 0 Å². The second-order valence-electron chi connectivity index (χ2n) is 13.6. The van der Waals surface area contributed by atoms with Crippen LogP contribution in [0.25, 0.3) is 119 Å². The lowest BCUT2D eigenvalue weighted by Gasteiger charge is -2.19. The molecule has 2 aromatic heterocycles. The van der Waals surface area contributed by atoms with Gasteiger partial charge in [0.25, 0.3) is 0 Å². The second kappa shape index (κ2) is 9.49. The number of pyridine rings is 2. The highest BCUT2D eigenvalue weighted by atomic mass is 14.7. The van der Waals surface area contributed by atoms with E-state index in [4.69, 9.17) is 9.97 Å². The van der Waals surface area contributed by atoms with Gasteiger partial charge in [0, 0.05) is 50.5 Å². The number of benzene rings is 8. The molecule has 0 spiro atoms. The van der Waals surface area contributed by atoms with E-state index in [0.717, 1.165) is 22.2 Å². The van der Waals surface area contributed by atoms with Crippen molar-refractivity contribution in [3.05, 3.63) is 158 Å². The lowest BCUT2D eigenvalue weighted by Crippen LogP contribution is -1.95. The highest BCUT2D eigenvalue weighted by Crippen LogP contribution is 2.55. The van der Waals surface area contributed by atoms with Gasteiger partial charge in [-0.3, -0.25) is 9.97 Å². The molecule has 2 nitrogen and oxygen atoms in total. The van der Waals surface area contributed by atoms with Gasteiger partial charge in [-0.15, -0.1) is 0 Å². The van der Waals surface area contributed by atoms with E-state index in [9.17, 15) is 0 Å². The van der Waals surface area contributed by atoms with E-state index in [1.807, 2.05) is 12.4 Å². The van der Waals surface area contributed by atoms with E-state index in [1.54, 1.807) is 0 Å². The maximum atomic E-state index is 5.28. The van der Waals surface area contributed by atoms with Gasteiger partial charge in [-0.25, -0.2) is 0 Å². The Morgan fingerprint density at radius 3 is 1.38 bits per heavy atom. The van der Waals surface area contributed by atoms with E-state index in [2.05, 4.69) is 146 Å². The van der Waals surface area contributed by atoms with Crippen LogP contribution < -0.4 is 0 Å². The summed E-state index contributed by atoms with van der Waals surface area (Å²) in [6.07, 6.45) is 3.96. The third kappa shape index (κ3) is 3.23. The van der Waals surface area contributed by atoms with Crippen LogP contribution in [-0.2, 0) is 0 Å². The van der Waals surface area contributed by atoms with E-state index >= 15 is 0 Å². The zero-order valence-electron chi connectivity index (χ0n) is 26.9. The summed E-state index contributed by atoms with van der Waals surface area (Å²) in [7, 11) is 0. The molecule has 0 saturated carbocycles. The third-order valence-corrected chi connectivity index (χ3v) is 11.2. The fourth-order valence-electron chi connectivity index (χ4n) is 9.27. The molecule has 228 valence electrons. The normalized spacial score (nSPS) is 12.4. The molecule has 0 unspecified atom stereocenters. The van der Waals surface area contributed by atoms with Gasteiger partial charge < -0.3 is 0 Å². The summed E-state index contributed by atoms with van der Waals surface area (Å²) in [4.78, 5) is 10.5. The Balaban J connectivity index is 1.48. The minimum Gasteiger partial charge on any atom is -0.256 e. The first kappa shape index (κ1) is 26.3. The molecule has 0 N–H and O–H groups in total. The van der Waals surface area contributed by atoms with Crippen molar-refractivity contribution in [1.29, 1.82) is 0 Å². The molecule has 2 heteroatoms. The molecule has 0 amide bonds. The largest absolute Gasteiger partial charge is 0.256 e. The van der Waals surface area contributed by atoms with Crippen molar-refractivity contribution in [2.24, 2.45) is 0 Å². The first-order valence-electron chi connectivity index (χ1n) is 17.2. The maximum Gasteiger partial charge on any atom is 0.0793 e. The lowest BCUT2D eigenvalue weighted by atomic mass is 9.84. The summed E-state index contributed by atoms with van der Waals surface area (Å²) in [5, 5.41) is 22.4. The summed E-state index contributed by atoms with van der Waals surface area (Å²) < 4.78 is 0. The highest BCUT2D eigenvalue weighted by Gasteiger charge is 2.28. The minimum atomic E-state index is 1.01. The predicted molar refractivity (Wildman–Crippen MR) is 213 cm³/mol. The first-order valence-corrected chi connectivity index (χ1v) is 17.2. The van der Waals surface area contributed by atoms with Crippen LogP contribution in [0.3, 0.4) is 0 Å². The van der Waals surface area contributed by atoms with E-state index in [-0.39, 0.29) is 0 Å². The van der Waals surface area contributed by atoms with Crippen LogP contribution in [0.2, 0.25) is 0 Å². The van der Waals surface area contributed by atoms with E-state index in [0.29, 0.717) is 0 Å². The molecule has 0 aliphatic heterocycles. The molecule has 0 radical (unpaired) electrons. The Morgan fingerprint density at radius 2 is 0.720 bits per heavy atom. The van der Waals surface area contributed by atoms with Crippen molar-refractivity contribution < 1.29 is 0 Å². The van der Waals surface area contributed by atoms with Crippen LogP contribution >= 0.6 is 0 Å². The zero-order chi connectivity index (χ0) is 32.5. The molecule has 0 aliphatic rings. The highest BCUT2D eigenvalue weighted by molar-refractivity contribution is 6.45. The van der Waals surface area contributed by atoms with Crippen LogP contribution in [0, 0.1) is 0 Å². The number of hydrogen-bond donors (Lipinski definition) is 0. The molecule has 10 aromatic carbocycles. The number of nitrogens with zero attached hydrogens (tertiary/aromatic N) is 2. The summed E-state index contributed by atoms with van der Waals surface area (Å²) in [6, 6.07) is 53.4. The van der Waals surface area contributed by atoms with Gasteiger partial charge in [0.05, 0.1) is 11.4 Å². The molecule has 0 fully saturated rings. The number of aromatic nitrogens is 2. The molecule has 50 heavy (non-hydrogen) atoms. The van der Waals surface area contributed by atoms with Crippen molar-refractivity contribution in [2.75, 3.05) is 0 Å².